The van der Waals surface area contributed by atoms with Gasteiger partial charge in [0, 0.05) is 25.1 Å². The van der Waals surface area contributed by atoms with E-state index in [2.05, 4.69) is 5.16 Å². The lowest BCUT2D eigenvalue weighted by molar-refractivity contribution is 0.0786. The molecular weight excluding hydrogens is 258 g/mol. The highest BCUT2D eigenvalue weighted by Crippen LogP contribution is 2.21. The van der Waals surface area contributed by atoms with Crippen LogP contribution in [0.2, 0.25) is 0 Å². The van der Waals surface area contributed by atoms with Gasteiger partial charge in [-0.2, -0.15) is 0 Å². The van der Waals surface area contributed by atoms with E-state index in [1.165, 1.54) is 0 Å². The number of carbonyl (C=O) groups is 1. The molecule has 1 aromatic carbocycles. The van der Waals surface area contributed by atoms with Crippen LogP contribution in [-0.4, -0.2) is 35.4 Å². The Morgan fingerprint density at radius 3 is 2.90 bits per heavy atom. The Morgan fingerprint density at radius 2 is 2.20 bits per heavy atom. The van der Waals surface area contributed by atoms with E-state index in [9.17, 15) is 4.79 Å². The van der Waals surface area contributed by atoms with Gasteiger partial charge in [0.1, 0.15) is 5.84 Å². The average Bonchev–Trinajstić information content (AvgIpc) is 2.92. The van der Waals surface area contributed by atoms with Gasteiger partial charge in [-0.25, -0.2) is 0 Å². The van der Waals surface area contributed by atoms with E-state index in [-0.39, 0.29) is 17.7 Å². The zero-order valence-electron chi connectivity index (χ0n) is 11.7. The summed E-state index contributed by atoms with van der Waals surface area (Å²) in [7, 11) is 1.70. The molecule has 0 saturated heterocycles. The van der Waals surface area contributed by atoms with Crippen molar-refractivity contribution in [3.63, 3.8) is 0 Å². The normalized spacial score (nSPS) is 15.8. The molecule has 0 spiro atoms. The first-order chi connectivity index (χ1) is 9.52. The number of nitrogens with zero attached hydrogens (tertiary/aromatic N) is 2. The first kappa shape index (κ1) is 14.3. The van der Waals surface area contributed by atoms with Crippen molar-refractivity contribution in [1.29, 1.82) is 0 Å². The Bertz CT molecular complexity index is 542. The monoisotopic (exact) mass is 277 g/mol. The molecule has 1 aliphatic rings. The van der Waals surface area contributed by atoms with Gasteiger partial charge >= 0.3 is 0 Å². The quantitative estimate of drug-likeness (QED) is 0.374. The van der Waals surface area contributed by atoms with Crippen LogP contribution in [0.1, 0.15) is 28.4 Å². The van der Waals surface area contributed by atoms with Crippen molar-refractivity contribution in [2.24, 2.45) is 16.8 Å². The highest BCUT2D eigenvalue weighted by atomic mass is 16.5. The van der Waals surface area contributed by atoms with E-state index in [0.29, 0.717) is 25.3 Å². The molecule has 1 aromatic rings. The van der Waals surface area contributed by atoms with E-state index >= 15 is 0 Å². The molecule has 108 valence electrons. The second-order valence-electron chi connectivity index (χ2n) is 5.09. The smallest absolute Gasteiger partial charge is 0.253 e. The van der Waals surface area contributed by atoms with Crippen LogP contribution in [0.15, 0.2) is 23.4 Å². The Kier molecular flexibility index (Phi) is 4.24. The molecule has 0 fully saturated rings. The maximum absolute atomic E-state index is 12.3. The van der Waals surface area contributed by atoms with Crippen LogP contribution in [0.3, 0.4) is 0 Å². The van der Waals surface area contributed by atoms with Gasteiger partial charge < -0.3 is 20.6 Å². The average molecular weight is 277 g/mol. The largest absolute Gasteiger partial charge is 0.409 e. The summed E-state index contributed by atoms with van der Waals surface area (Å²) in [4.78, 5) is 13.9. The first-order valence-corrected chi connectivity index (χ1v) is 6.45. The summed E-state index contributed by atoms with van der Waals surface area (Å²) in [6, 6.07) is 5.60. The predicted octanol–water partition coefficient (Wildman–Crippen LogP) is 1.17. The van der Waals surface area contributed by atoms with Crippen molar-refractivity contribution in [2.75, 3.05) is 13.6 Å². The van der Waals surface area contributed by atoms with E-state index in [1.807, 2.05) is 12.1 Å². The highest BCUT2D eigenvalue weighted by molar-refractivity contribution is 5.94. The summed E-state index contributed by atoms with van der Waals surface area (Å²) < 4.78 is 5.34. The summed E-state index contributed by atoms with van der Waals surface area (Å²) in [5.74, 6) is -0.170. The van der Waals surface area contributed by atoms with E-state index in [1.54, 1.807) is 24.9 Å². The van der Waals surface area contributed by atoms with Crippen LogP contribution < -0.4 is 5.73 Å². The van der Waals surface area contributed by atoms with E-state index < -0.39 is 0 Å². The molecule has 0 aliphatic carbocycles. The van der Waals surface area contributed by atoms with Crippen LogP contribution in [0.25, 0.3) is 0 Å². The van der Waals surface area contributed by atoms with E-state index in [4.69, 9.17) is 15.7 Å². The predicted molar refractivity (Wildman–Crippen MR) is 74.5 cm³/mol. The van der Waals surface area contributed by atoms with Gasteiger partial charge in [0.25, 0.3) is 5.91 Å². The van der Waals surface area contributed by atoms with Gasteiger partial charge in [-0.3, -0.25) is 4.79 Å². The lowest BCUT2D eigenvalue weighted by atomic mass is 10.0. The molecule has 1 heterocycles. The first-order valence-electron chi connectivity index (χ1n) is 6.45. The summed E-state index contributed by atoms with van der Waals surface area (Å²) in [6.07, 6.45) is 0. The molecule has 0 radical (unpaired) electrons. The van der Waals surface area contributed by atoms with Gasteiger partial charge in [-0.1, -0.05) is 18.1 Å². The van der Waals surface area contributed by atoms with Crippen molar-refractivity contribution >= 4 is 11.7 Å². The van der Waals surface area contributed by atoms with E-state index in [0.717, 1.165) is 11.1 Å². The zero-order valence-corrected chi connectivity index (χ0v) is 11.7. The second-order valence-corrected chi connectivity index (χ2v) is 5.09. The molecule has 2 rings (SSSR count). The number of rotatable bonds is 4. The zero-order chi connectivity index (χ0) is 14.7. The fraction of sp³-hybridized carbons (Fsp3) is 0.429. The molecule has 6 heteroatoms. The van der Waals surface area contributed by atoms with Crippen molar-refractivity contribution in [1.82, 2.24) is 4.90 Å². The van der Waals surface area contributed by atoms with Gasteiger partial charge in [0.05, 0.1) is 13.2 Å². The van der Waals surface area contributed by atoms with Crippen molar-refractivity contribution < 1.29 is 14.7 Å². The summed E-state index contributed by atoms with van der Waals surface area (Å²) in [5, 5.41) is 11.6. The molecule has 0 saturated carbocycles. The second kappa shape index (κ2) is 5.92. The van der Waals surface area contributed by atoms with Crippen LogP contribution >= 0.6 is 0 Å². The summed E-state index contributed by atoms with van der Waals surface area (Å²) in [5.41, 5.74) is 8.35. The van der Waals surface area contributed by atoms with Crippen molar-refractivity contribution in [3.8, 4) is 0 Å². The molecule has 1 unspecified atom stereocenters. The molecule has 3 N–H and O–H groups in total. The Balaban J connectivity index is 2.07. The maximum Gasteiger partial charge on any atom is 0.253 e. The molecule has 1 aliphatic heterocycles. The molecule has 6 nitrogen and oxygen atoms in total. The highest BCUT2D eigenvalue weighted by Gasteiger charge is 2.19. The number of oxime groups is 1. The number of ether oxygens (including phenoxy) is 1. The minimum absolute atomic E-state index is 0.0858. The Morgan fingerprint density at radius 1 is 1.50 bits per heavy atom. The van der Waals surface area contributed by atoms with Crippen molar-refractivity contribution in [2.45, 2.75) is 20.1 Å². The van der Waals surface area contributed by atoms with Gasteiger partial charge in [-0.15, -0.1) is 0 Å². The number of benzene rings is 1. The molecular formula is C14H19N3O3. The summed E-state index contributed by atoms with van der Waals surface area (Å²) >= 11 is 0. The summed E-state index contributed by atoms with van der Waals surface area (Å²) in [6.45, 7) is 3.36. The molecule has 0 aromatic heterocycles. The van der Waals surface area contributed by atoms with Crippen LogP contribution in [-0.2, 0) is 18.0 Å². The minimum Gasteiger partial charge on any atom is -0.409 e. The maximum atomic E-state index is 12.3. The Hall–Kier alpha value is -2.08. The number of amidine groups is 1. The fourth-order valence-corrected chi connectivity index (χ4v) is 2.21. The number of hydrogen-bond acceptors (Lipinski definition) is 4. The van der Waals surface area contributed by atoms with Crippen LogP contribution in [0.4, 0.5) is 0 Å². The molecule has 1 atom stereocenters. The lowest BCUT2D eigenvalue weighted by Gasteiger charge is -2.21. The van der Waals surface area contributed by atoms with Crippen LogP contribution in [0.5, 0.6) is 0 Å². The van der Waals surface area contributed by atoms with Gasteiger partial charge in [0.2, 0.25) is 0 Å². The fourth-order valence-electron chi connectivity index (χ4n) is 2.21. The van der Waals surface area contributed by atoms with Crippen molar-refractivity contribution in [3.05, 3.63) is 34.9 Å². The number of fused-ring (bicyclic) bond motifs is 1. The number of hydrogen-bond donors (Lipinski definition) is 2. The third-order valence-corrected chi connectivity index (χ3v) is 3.48. The SMILES string of the molecule is CC(CN(C)C(=O)c1ccc2c(c1)COC2)C(N)=NO. The Labute approximate surface area is 117 Å². The third-order valence-electron chi connectivity index (χ3n) is 3.48. The number of carbonyl (C=O) groups excluding carboxylic acids is 1. The standard InChI is InChI=1S/C14H19N3O3/c1-9(13(15)16-19)6-17(2)14(18)10-3-4-11-7-20-8-12(11)5-10/h3-5,9,19H,6-8H2,1-2H3,(H2,15,16). The lowest BCUT2D eigenvalue weighted by Crippen LogP contribution is -2.36. The minimum atomic E-state index is -0.202. The van der Waals surface area contributed by atoms with Gasteiger partial charge in [0.15, 0.2) is 0 Å². The molecule has 0 bridgehead atoms. The molecule has 20 heavy (non-hydrogen) atoms. The topological polar surface area (TPSA) is 88.2 Å². The van der Waals surface area contributed by atoms with Gasteiger partial charge in [-0.05, 0) is 23.3 Å². The number of amides is 1. The number of nitrogens with two attached hydrogens (primary N) is 1. The van der Waals surface area contributed by atoms with Crippen LogP contribution in [0, 0.1) is 5.92 Å². The molecule has 1 amide bonds. The third kappa shape index (κ3) is 2.91.